The van der Waals surface area contributed by atoms with Gasteiger partial charge in [0.05, 0.1) is 23.4 Å². The summed E-state index contributed by atoms with van der Waals surface area (Å²) in [6.07, 6.45) is 2.85. The molecule has 1 aromatic carbocycles. The lowest BCUT2D eigenvalue weighted by Gasteiger charge is -2.35. The molecule has 3 rings (SSSR count). The lowest BCUT2D eigenvalue weighted by molar-refractivity contribution is -0.130. The number of hydrogen-bond acceptors (Lipinski definition) is 5. The van der Waals surface area contributed by atoms with Gasteiger partial charge >= 0.3 is 0 Å². The minimum absolute atomic E-state index is 0.0264. The van der Waals surface area contributed by atoms with Crippen molar-refractivity contribution in [3.63, 3.8) is 0 Å². The summed E-state index contributed by atoms with van der Waals surface area (Å²) in [7, 11) is -3.40. The number of carbonyl (C=O) groups excluding carboxylic acids is 1. The highest BCUT2D eigenvalue weighted by Gasteiger charge is 2.22. The number of piperazine rings is 1. The van der Waals surface area contributed by atoms with E-state index in [2.05, 4.69) is 14.6 Å². The van der Waals surface area contributed by atoms with Crippen LogP contribution in [0.5, 0.6) is 0 Å². The van der Waals surface area contributed by atoms with Gasteiger partial charge in [0.2, 0.25) is 15.9 Å². The average molecular weight is 409 g/mol. The molecule has 1 aliphatic heterocycles. The molecule has 0 radical (unpaired) electrons. The quantitative estimate of drug-likeness (QED) is 0.818. The first-order valence-corrected chi connectivity index (χ1v) is 10.8. The Morgan fingerprint density at radius 1 is 1.15 bits per heavy atom. The molecule has 0 unspecified atom stereocenters. The Kier molecular flexibility index (Phi) is 5.86. The normalized spacial score (nSPS) is 14.9. The number of nitrogens with one attached hydrogen (secondary N) is 1. The monoisotopic (exact) mass is 408 g/mol. The molecule has 0 bridgehead atoms. The van der Waals surface area contributed by atoms with Crippen LogP contribution in [-0.4, -0.2) is 56.6 Å². The van der Waals surface area contributed by atoms with Crippen molar-refractivity contribution in [2.45, 2.75) is 6.42 Å². The molecule has 1 N–H and O–H groups in total. The Morgan fingerprint density at radius 3 is 2.48 bits per heavy atom. The first-order chi connectivity index (χ1) is 12.8. The fourth-order valence-electron chi connectivity index (χ4n) is 2.99. The van der Waals surface area contributed by atoms with Crippen LogP contribution in [-0.2, 0) is 21.2 Å². The zero-order chi connectivity index (χ0) is 19.4. The van der Waals surface area contributed by atoms with E-state index in [1.54, 1.807) is 41.4 Å². The number of sulfonamides is 1. The number of amides is 1. The standard InChI is InChI=1S/C18H21ClN4O3S/c1-27(25,26)21-16-5-3-2-4-14(16)12-18(24)23-10-8-22(9-11-23)17-7-6-15(19)13-20-17/h2-7,13,21H,8-12H2,1H3. The SMILES string of the molecule is CS(=O)(=O)Nc1ccccc1CC(=O)N1CCN(c2ccc(Cl)cn2)CC1. The average Bonchev–Trinajstić information content (AvgIpc) is 2.63. The van der Waals surface area contributed by atoms with Crippen LogP contribution in [0.2, 0.25) is 5.02 Å². The van der Waals surface area contributed by atoms with Crippen LogP contribution in [0.1, 0.15) is 5.56 Å². The number of halogens is 1. The Labute approximate surface area is 164 Å². The molecule has 1 aliphatic rings. The molecule has 2 aromatic rings. The maximum atomic E-state index is 12.7. The van der Waals surface area contributed by atoms with Crippen LogP contribution in [0.3, 0.4) is 0 Å². The fraction of sp³-hybridized carbons (Fsp3) is 0.333. The highest BCUT2D eigenvalue weighted by Crippen LogP contribution is 2.19. The van der Waals surface area contributed by atoms with Crippen LogP contribution in [0, 0.1) is 0 Å². The highest BCUT2D eigenvalue weighted by atomic mass is 35.5. The molecule has 0 atom stereocenters. The summed E-state index contributed by atoms with van der Waals surface area (Å²) in [6.45, 7) is 2.54. The topological polar surface area (TPSA) is 82.6 Å². The Hall–Kier alpha value is -2.32. The summed E-state index contributed by atoms with van der Waals surface area (Å²) in [4.78, 5) is 20.9. The van der Waals surface area contributed by atoms with Crippen molar-refractivity contribution in [1.29, 1.82) is 0 Å². The smallest absolute Gasteiger partial charge is 0.229 e. The predicted molar refractivity (Wildman–Crippen MR) is 107 cm³/mol. The molecule has 1 fully saturated rings. The Balaban J connectivity index is 1.61. The molecule has 2 heterocycles. The Morgan fingerprint density at radius 2 is 1.85 bits per heavy atom. The van der Waals surface area contributed by atoms with Crippen molar-refractivity contribution in [2.24, 2.45) is 0 Å². The second-order valence-corrected chi connectivity index (χ2v) is 8.60. The van der Waals surface area contributed by atoms with E-state index in [0.29, 0.717) is 42.5 Å². The van der Waals surface area contributed by atoms with E-state index < -0.39 is 10.0 Å². The van der Waals surface area contributed by atoms with Crippen molar-refractivity contribution in [3.8, 4) is 0 Å². The molecule has 0 saturated carbocycles. The first kappa shape index (κ1) is 19.4. The van der Waals surface area contributed by atoms with Crippen LogP contribution in [0.4, 0.5) is 11.5 Å². The molecule has 0 aliphatic carbocycles. The fourth-order valence-corrected chi connectivity index (χ4v) is 3.70. The number of hydrogen-bond donors (Lipinski definition) is 1. The molecule has 144 valence electrons. The van der Waals surface area contributed by atoms with E-state index in [1.807, 2.05) is 6.07 Å². The first-order valence-electron chi connectivity index (χ1n) is 8.52. The van der Waals surface area contributed by atoms with Gasteiger partial charge < -0.3 is 9.80 Å². The van der Waals surface area contributed by atoms with Crippen LogP contribution in [0.15, 0.2) is 42.6 Å². The van der Waals surface area contributed by atoms with Crippen molar-refractivity contribution >= 4 is 39.0 Å². The van der Waals surface area contributed by atoms with Crippen molar-refractivity contribution < 1.29 is 13.2 Å². The van der Waals surface area contributed by atoms with Crippen molar-refractivity contribution in [1.82, 2.24) is 9.88 Å². The van der Waals surface area contributed by atoms with Gasteiger partial charge in [-0.05, 0) is 23.8 Å². The number of rotatable bonds is 5. The molecule has 27 heavy (non-hydrogen) atoms. The molecular weight excluding hydrogens is 388 g/mol. The molecule has 9 heteroatoms. The number of benzene rings is 1. The van der Waals surface area contributed by atoms with Crippen LogP contribution in [0.25, 0.3) is 0 Å². The number of para-hydroxylation sites is 1. The number of carbonyl (C=O) groups is 1. The van der Waals surface area contributed by atoms with Gasteiger partial charge in [-0.1, -0.05) is 29.8 Å². The summed E-state index contributed by atoms with van der Waals surface area (Å²) < 4.78 is 25.5. The van der Waals surface area contributed by atoms with Crippen molar-refractivity contribution in [2.75, 3.05) is 42.1 Å². The van der Waals surface area contributed by atoms with Gasteiger partial charge in [0.1, 0.15) is 5.82 Å². The van der Waals surface area contributed by atoms with E-state index in [0.717, 1.165) is 12.1 Å². The molecule has 0 spiro atoms. The third kappa shape index (κ3) is 5.33. The van der Waals surface area contributed by atoms with Gasteiger partial charge in [-0.3, -0.25) is 9.52 Å². The minimum Gasteiger partial charge on any atom is -0.353 e. The number of pyridine rings is 1. The van der Waals surface area contributed by atoms with Gasteiger partial charge in [-0.25, -0.2) is 13.4 Å². The van der Waals surface area contributed by atoms with E-state index in [9.17, 15) is 13.2 Å². The third-order valence-corrected chi connectivity index (χ3v) is 5.14. The zero-order valence-electron chi connectivity index (χ0n) is 14.9. The molecule has 7 nitrogen and oxygen atoms in total. The van der Waals surface area contributed by atoms with Gasteiger partial charge in [0.25, 0.3) is 0 Å². The van der Waals surface area contributed by atoms with E-state index >= 15 is 0 Å². The van der Waals surface area contributed by atoms with Crippen LogP contribution >= 0.6 is 11.6 Å². The zero-order valence-corrected chi connectivity index (χ0v) is 16.5. The van der Waals surface area contributed by atoms with Gasteiger partial charge in [-0.2, -0.15) is 0 Å². The maximum Gasteiger partial charge on any atom is 0.229 e. The molecule has 1 aromatic heterocycles. The molecule has 1 saturated heterocycles. The van der Waals surface area contributed by atoms with Crippen LogP contribution < -0.4 is 9.62 Å². The summed E-state index contributed by atoms with van der Waals surface area (Å²) in [5, 5.41) is 0.592. The Bertz CT molecular complexity index is 910. The number of anilines is 2. The number of aromatic nitrogens is 1. The van der Waals surface area contributed by atoms with Gasteiger partial charge in [-0.15, -0.1) is 0 Å². The summed E-state index contributed by atoms with van der Waals surface area (Å²) in [6, 6.07) is 10.6. The second kappa shape index (κ2) is 8.14. The maximum absolute atomic E-state index is 12.7. The van der Waals surface area contributed by atoms with Crippen molar-refractivity contribution in [3.05, 3.63) is 53.2 Å². The lowest BCUT2D eigenvalue weighted by Crippen LogP contribution is -2.49. The van der Waals surface area contributed by atoms with E-state index in [1.165, 1.54) is 0 Å². The highest BCUT2D eigenvalue weighted by molar-refractivity contribution is 7.92. The summed E-state index contributed by atoms with van der Waals surface area (Å²) in [5.41, 5.74) is 1.10. The summed E-state index contributed by atoms with van der Waals surface area (Å²) >= 11 is 5.87. The largest absolute Gasteiger partial charge is 0.353 e. The predicted octanol–water partition coefficient (Wildman–Crippen LogP) is 2.00. The van der Waals surface area contributed by atoms with Gasteiger partial charge in [0.15, 0.2) is 0 Å². The van der Waals surface area contributed by atoms with E-state index in [4.69, 9.17) is 11.6 Å². The van der Waals surface area contributed by atoms with E-state index in [-0.39, 0.29) is 12.3 Å². The number of nitrogens with zero attached hydrogens (tertiary/aromatic N) is 3. The molecular formula is C18H21ClN4O3S. The lowest BCUT2D eigenvalue weighted by atomic mass is 10.1. The van der Waals surface area contributed by atoms with Gasteiger partial charge in [0, 0.05) is 32.4 Å². The minimum atomic E-state index is -3.40. The second-order valence-electron chi connectivity index (χ2n) is 6.41. The molecule has 1 amide bonds. The summed E-state index contributed by atoms with van der Waals surface area (Å²) in [5.74, 6) is 0.815. The third-order valence-electron chi connectivity index (χ3n) is 4.32.